The predicted molar refractivity (Wildman–Crippen MR) is 139 cm³/mol. The second kappa shape index (κ2) is 11.3. The summed E-state index contributed by atoms with van der Waals surface area (Å²) in [6.45, 7) is -0.494. The fraction of sp³-hybridized carbons (Fsp3) is 0.524. The van der Waals surface area contributed by atoms with Crippen LogP contribution in [0.15, 0.2) is 12.7 Å². The predicted octanol–water partition coefficient (Wildman–Crippen LogP) is -1.03. The quantitative estimate of drug-likeness (QED) is 0.145. The average molecular weight is 568 g/mol. The molecule has 0 bridgehead atoms. The van der Waals surface area contributed by atoms with E-state index in [1.54, 1.807) is 9.13 Å². The maximum Gasteiger partial charge on any atom is 0.226 e. The number of rotatable bonds is 4. The van der Waals surface area contributed by atoms with Crippen LogP contribution in [0.4, 0.5) is 17.6 Å². The lowest BCUT2D eigenvalue weighted by atomic mass is 10.2. The molecule has 0 amide bonds. The molecule has 0 aliphatic carbocycles. The van der Waals surface area contributed by atoms with Crippen molar-refractivity contribution in [2.75, 3.05) is 30.4 Å². The van der Waals surface area contributed by atoms with Crippen molar-refractivity contribution < 1.29 is 29.9 Å². The van der Waals surface area contributed by atoms with Crippen LogP contribution in [0.1, 0.15) is 32.7 Å². The SMILES string of the molecule is C.Nc1nc(Cl)nc2c1ncn2C1CC(O)C(CO)O1.Nc1nc(N)c2ncn(C3CC(O)C(CO)O3)c2n1. The zero-order valence-electron chi connectivity index (χ0n) is 19.7. The van der Waals surface area contributed by atoms with Crippen LogP contribution < -0.4 is 17.2 Å². The number of fused-ring (bicyclic) bond motifs is 2. The molecule has 39 heavy (non-hydrogen) atoms. The molecule has 2 aliphatic heterocycles. The van der Waals surface area contributed by atoms with Gasteiger partial charge >= 0.3 is 0 Å². The first-order valence-corrected chi connectivity index (χ1v) is 11.9. The van der Waals surface area contributed by atoms with E-state index in [0.29, 0.717) is 35.2 Å². The molecule has 10 N–H and O–H groups in total. The van der Waals surface area contributed by atoms with Crippen molar-refractivity contribution in [2.24, 2.45) is 0 Å². The van der Waals surface area contributed by atoms with E-state index in [9.17, 15) is 10.2 Å². The minimum absolute atomic E-state index is 0. The summed E-state index contributed by atoms with van der Waals surface area (Å²) >= 11 is 5.77. The molecule has 0 aromatic carbocycles. The third kappa shape index (κ3) is 5.37. The number of nitrogens with zero attached hydrogens (tertiary/aromatic N) is 8. The Hall–Kier alpha value is -3.45. The molecule has 4 aromatic rings. The van der Waals surface area contributed by atoms with Gasteiger partial charge in [0.2, 0.25) is 11.2 Å². The summed E-state index contributed by atoms with van der Waals surface area (Å²) in [6, 6.07) is 0. The molecule has 0 radical (unpaired) electrons. The van der Waals surface area contributed by atoms with Crippen molar-refractivity contribution in [3.63, 3.8) is 0 Å². The van der Waals surface area contributed by atoms with Gasteiger partial charge in [-0.25, -0.2) is 9.97 Å². The highest BCUT2D eigenvalue weighted by atomic mass is 35.5. The molecule has 4 aromatic heterocycles. The number of aliphatic hydroxyl groups excluding tert-OH is 4. The molecule has 2 aliphatic rings. The van der Waals surface area contributed by atoms with Gasteiger partial charge < -0.3 is 47.1 Å². The summed E-state index contributed by atoms with van der Waals surface area (Å²) in [6.07, 6.45) is 0.0456. The molecule has 6 heterocycles. The molecule has 6 atom stereocenters. The number of nitrogens with two attached hydrogens (primary N) is 3. The molecular formula is C21H30ClN11O6. The summed E-state index contributed by atoms with van der Waals surface area (Å²) in [7, 11) is 0. The summed E-state index contributed by atoms with van der Waals surface area (Å²) in [4.78, 5) is 24.0. The van der Waals surface area contributed by atoms with Crippen molar-refractivity contribution >= 4 is 51.5 Å². The number of aliphatic hydroxyl groups is 4. The van der Waals surface area contributed by atoms with Crippen LogP contribution in [0.5, 0.6) is 0 Å². The Kier molecular flexibility index (Phi) is 8.31. The Labute approximate surface area is 226 Å². The lowest BCUT2D eigenvalue weighted by Crippen LogP contribution is -2.24. The Bertz CT molecular complexity index is 1340. The largest absolute Gasteiger partial charge is 0.394 e. The van der Waals surface area contributed by atoms with E-state index in [0.717, 1.165) is 0 Å². The Morgan fingerprint density at radius 3 is 1.72 bits per heavy atom. The van der Waals surface area contributed by atoms with Gasteiger partial charge in [-0.3, -0.25) is 9.13 Å². The second-order valence-electron chi connectivity index (χ2n) is 8.72. The van der Waals surface area contributed by atoms with Crippen LogP contribution in [-0.2, 0) is 9.47 Å². The van der Waals surface area contributed by atoms with Crippen LogP contribution in [0, 0.1) is 0 Å². The molecule has 17 nitrogen and oxygen atoms in total. The standard InChI is InChI=1S/C10H12ClN5O3.C10H14N6O3.CH4/c11-10-14-8(12)7-9(15-10)16(3-13-7)6-1-4(18)5(2-17)19-6;11-8-7-9(15-10(12)14-8)16(3-13-7)6-1-4(18)5(2-17)19-6;/h3-6,17-18H,1-2H2,(H2,12,14,15);3-6,17-18H,1-2H2,(H4,11,12,14,15);1H4. The molecule has 0 spiro atoms. The van der Waals surface area contributed by atoms with Crippen molar-refractivity contribution in [3.05, 3.63) is 17.9 Å². The molecule has 2 fully saturated rings. The first kappa shape index (κ1) is 28.6. The van der Waals surface area contributed by atoms with Gasteiger partial charge in [0.1, 0.15) is 35.7 Å². The summed E-state index contributed by atoms with van der Waals surface area (Å²) in [5, 5.41) is 37.6. The van der Waals surface area contributed by atoms with Gasteiger partial charge in [0.25, 0.3) is 0 Å². The third-order valence-corrected chi connectivity index (χ3v) is 6.44. The summed E-state index contributed by atoms with van der Waals surface area (Å²) in [5.41, 5.74) is 18.7. The number of nitrogen functional groups attached to an aromatic ring is 3. The maximum absolute atomic E-state index is 9.74. The lowest BCUT2D eigenvalue weighted by molar-refractivity contribution is -0.0432. The highest BCUT2D eigenvalue weighted by Crippen LogP contribution is 2.32. The Morgan fingerprint density at radius 2 is 1.26 bits per heavy atom. The topological polar surface area (TPSA) is 265 Å². The molecule has 6 unspecified atom stereocenters. The first-order chi connectivity index (χ1) is 18.2. The van der Waals surface area contributed by atoms with E-state index in [4.69, 9.17) is 48.5 Å². The van der Waals surface area contributed by atoms with Crippen molar-refractivity contribution in [3.8, 4) is 0 Å². The van der Waals surface area contributed by atoms with E-state index >= 15 is 0 Å². The van der Waals surface area contributed by atoms with E-state index < -0.39 is 36.9 Å². The zero-order chi connectivity index (χ0) is 27.1. The Morgan fingerprint density at radius 1 is 0.795 bits per heavy atom. The minimum Gasteiger partial charge on any atom is -0.394 e. The van der Waals surface area contributed by atoms with Gasteiger partial charge in [0.15, 0.2) is 22.9 Å². The molecule has 18 heteroatoms. The number of imidazole rings is 2. The van der Waals surface area contributed by atoms with Crippen LogP contribution in [0.25, 0.3) is 22.3 Å². The molecule has 212 valence electrons. The Balaban J connectivity index is 0.000000176. The highest BCUT2D eigenvalue weighted by Gasteiger charge is 2.36. The van der Waals surface area contributed by atoms with Crippen molar-refractivity contribution in [2.45, 2.75) is 57.1 Å². The highest BCUT2D eigenvalue weighted by molar-refractivity contribution is 6.28. The molecule has 2 saturated heterocycles. The number of anilines is 3. The van der Waals surface area contributed by atoms with Crippen LogP contribution in [0.3, 0.4) is 0 Å². The number of ether oxygens (including phenoxy) is 2. The van der Waals surface area contributed by atoms with Crippen molar-refractivity contribution in [1.29, 1.82) is 0 Å². The van der Waals surface area contributed by atoms with Crippen LogP contribution in [-0.4, -0.2) is 97.1 Å². The fourth-order valence-electron chi connectivity index (χ4n) is 4.39. The average Bonchev–Trinajstić information content (AvgIpc) is 3.64. The molecular weight excluding hydrogens is 538 g/mol. The normalized spacial score (nSPS) is 26.5. The van der Waals surface area contributed by atoms with Gasteiger partial charge in [-0.05, 0) is 11.6 Å². The monoisotopic (exact) mass is 567 g/mol. The van der Waals surface area contributed by atoms with Crippen LogP contribution >= 0.6 is 11.6 Å². The maximum atomic E-state index is 9.74. The van der Waals surface area contributed by atoms with E-state index in [1.165, 1.54) is 12.7 Å². The summed E-state index contributed by atoms with van der Waals surface area (Å²) < 4.78 is 14.3. The van der Waals surface area contributed by atoms with Gasteiger partial charge in [-0.1, -0.05) is 7.43 Å². The number of hydrogen-bond donors (Lipinski definition) is 7. The minimum atomic E-state index is -0.734. The second-order valence-corrected chi connectivity index (χ2v) is 9.06. The molecule has 0 saturated carbocycles. The van der Waals surface area contributed by atoms with E-state index in [1.807, 2.05) is 0 Å². The molecule has 6 rings (SSSR count). The zero-order valence-corrected chi connectivity index (χ0v) is 20.5. The fourth-order valence-corrected chi connectivity index (χ4v) is 4.56. The lowest BCUT2D eigenvalue weighted by Gasteiger charge is -2.13. The summed E-state index contributed by atoms with van der Waals surface area (Å²) in [5.74, 6) is 0.425. The van der Waals surface area contributed by atoms with Gasteiger partial charge in [-0.2, -0.15) is 19.9 Å². The number of hydrogen-bond acceptors (Lipinski definition) is 15. The van der Waals surface area contributed by atoms with E-state index in [2.05, 4.69) is 29.9 Å². The number of halogens is 1. The van der Waals surface area contributed by atoms with Gasteiger partial charge in [0.05, 0.1) is 38.1 Å². The van der Waals surface area contributed by atoms with E-state index in [-0.39, 0.29) is 43.5 Å². The number of aromatic nitrogens is 8. The van der Waals surface area contributed by atoms with Crippen LogP contribution in [0.2, 0.25) is 5.28 Å². The van der Waals surface area contributed by atoms with Gasteiger partial charge in [0, 0.05) is 12.8 Å². The smallest absolute Gasteiger partial charge is 0.226 e. The first-order valence-electron chi connectivity index (χ1n) is 11.5. The van der Waals surface area contributed by atoms with Crippen molar-refractivity contribution in [1.82, 2.24) is 39.0 Å². The third-order valence-electron chi connectivity index (χ3n) is 6.28. The van der Waals surface area contributed by atoms with Gasteiger partial charge in [-0.15, -0.1) is 0 Å².